The third-order valence-corrected chi connectivity index (χ3v) is 2.98. The van der Waals surface area contributed by atoms with Crippen molar-refractivity contribution in [3.63, 3.8) is 0 Å². The molecule has 0 fully saturated rings. The van der Waals surface area contributed by atoms with Crippen LogP contribution in [-0.4, -0.2) is 17.1 Å². The number of alkyl halides is 3. The Hall–Kier alpha value is -1.30. The fourth-order valence-electron chi connectivity index (χ4n) is 1.39. The highest BCUT2D eigenvalue weighted by molar-refractivity contribution is 5.28. The van der Waals surface area contributed by atoms with Crippen LogP contribution in [0.4, 0.5) is 13.2 Å². The smallest absolute Gasteiger partial charge is 0.421 e. The van der Waals surface area contributed by atoms with Crippen molar-refractivity contribution >= 4 is 0 Å². The second-order valence-corrected chi connectivity index (χ2v) is 4.21. The summed E-state index contributed by atoms with van der Waals surface area (Å²) in [7, 11) is 0. The van der Waals surface area contributed by atoms with E-state index in [2.05, 4.69) is 4.98 Å². The lowest BCUT2D eigenvalue weighted by molar-refractivity contribution is -0.139. The van der Waals surface area contributed by atoms with E-state index in [4.69, 9.17) is 10.5 Å². The topological polar surface area (TPSA) is 48.1 Å². The van der Waals surface area contributed by atoms with Crippen molar-refractivity contribution in [1.29, 1.82) is 0 Å². The minimum Gasteiger partial charge on any atom is -0.475 e. The van der Waals surface area contributed by atoms with Gasteiger partial charge in [-0.1, -0.05) is 13.8 Å². The van der Waals surface area contributed by atoms with E-state index < -0.39 is 23.2 Å². The van der Waals surface area contributed by atoms with Gasteiger partial charge in [-0.05, 0) is 25.0 Å². The second kappa shape index (κ2) is 5.56. The van der Waals surface area contributed by atoms with Gasteiger partial charge in [0.05, 0.1) is 0 Å². The summed E-state index contributed by atoms with van der Waals surface area (Å²) in [4.78, 5) is 3.62. The van der Waals surface area contributed by atoms with Crippen molar-refractivity contribution in [3.05, 3.63) is 23.9 Å². The van der Waals surface area contributed by atoms with Crippen LogP contribution in [0.2, 0.25) is 0 Å². The number of rotatable bonds is 5. The maximum atomic E-state index is 12.7. The Morgan fingerprint density at radius 1 is 1.28 bits per heavy atom. The molecule has 1 aromatic heterocycles. The molecular formula is C12H17F3N2O. The number of nitrogens with two attached hydrogens (primary N) is 1. The van der Waals surface area contributed by atoms with Gasteiger partial charge < -0.3 is 10.5 Å². The van der Waals surface area contributed by atoms with Crippen LogP contribution in [-0.2, 0) is 6.18 Å². The van der Waals surface area contributed by atoms with Crippen molar-refractivity contribution in [2.45, 2.75) is 38.4 Å². The molecule has 1 aromatic rings. The highest BCUT2D eigenvalue weighted by Gasteiger charge is 2.35. The molecule has 6 heteroatoms. The molecule has 3 nitrogen and oxygen atoms in total. The summed E-state index contributed by atoms with van der Waals surface area (Å²) >= 11 is 0. The van der Waals surface area contributed by atoms with Gasteiger partial charge in [-0.25, -0.2) is 4.98 Å². The van der Waals surface area contributed by atoms with Gasteiger partial charge in [-0.2, -0.15) is 13.2 Å². The van der Waals surface area contributed by atoms with Crippen LogP contribution >= 0.6 is 0 Å². The van der Waals surface area contributed by atoms with E-state index in [9.17, 15) is 13.2 Å². The van der Waals surface area contributed by atoms with E-state index in [1.165, 1.54) is 12.3 Å². The minimum absolute atomic E-state index is 0.0140. The molecule has 2 N–H and O–H groups in total. The zero-order chi connectivity index (χ0) is 13.8. The first-order valence-corrected chi connectivity index (χ1v) is 5.76. The first-order valence-electron chi connectivity index (χ1n) is 5.76. The molecule has 0 radical (unpaired) electrons. The lowest BCUT2D eigenvalue weighted by Gasteiger charge is -2.26. The number of nitrogens with zero attached hydrogens (tertiary/aromatic N) is 1. The molecule has 0 aliphatic carbocycles. The molecule has 0 bridgehead atoms. The number of hydrogen-bond donors (Lipinski definition) is 1. The highest BCUT2D eigenvalue weighted by Crippen LogP contribution is 2.34. The van der Waals surface area contributed by atoms with E-state index in [1.54, 1.807) is 0 Å². The SMILES string of the molecule is CCC(N)(CC)COc1ncccc1C(F)(F)F. The minimum atomic E-state index is -4.47. The Kier molecular flexibility index (Phi) is 4.56. The molecular weight excluding hydrogens is 245 g/mol. The highest BCUT2D eigenvalue weighted by atomic mass is 19.4. The third kappa shape index (κ3) is 3.60. The molecule has 0 saturated carbocycles. The molecule has 18 heavy (non-hydrogen) atoms. The summed E-state index contributed by atoms with van der Waals surface area (Å²) in [5.41, 5.74) is 4.47. The molecule has 1 heterocycles. The predicted molar refractivity (Wildman–Crippen MR) is 62.2 cm³/mol. The van der Waals surface area contributed by atoms with Gasteiger partial charge in [0.25, 0.3) is 0 Å². The first kappa shape index (κ1) is 14.8. The van der Waals surface area contributed by atoms with Crippen molar-refractivity contribution in [2.75, 3.05) is 6.61 Å². The van der Waals surface area contributed by atoms with E-state index in [0.29, 0.717) is 12.8 Å². The Morgan fingerprint density at radius 2 is 1.89 bits per heavy atom. The Labute approximate surface area is 104 Å². The van der Waals surface area contributed by atoms with Crippen molar-refractivity contribution < 1.29 is 17.9 Å². The lowest BCUT2D eigenvalue weighted by atomic mass is 9.96. The molecule has 0 unspecified atom stereocenters. The Balaban J connectivity index is 2.86. The summed E-state index contributed by atoms with van der Waals surface area (Å²) in [6, 6.07) is 2.17. The molecule has 0 aliphatic rings. The molecule has 0 aliphatic heterocycles. The number of ether oxygens (including phenoxy) is 1. The molecule has 0 atom stereocenters. The fourth-order valence-corrected chi connectivity index (χ4v) is 1.39. The summed E-state index contributed by atoms with van der Waals surface area (Å²) in [6.07, 6.45) is -1.96. The van der Waals surface area contributed by atoms with Gasteiger partial charge in [0.2, 0.25) is 5.88 Å². The molecule has 0 saturated heterocycles. The average Bonchev–Trinajstić information content (AvgIpc) is 2.35. The summed E-state index contributed by atoms with van der Waals surface area (Å²) in [5.74, 6) is -0.415. The van der Waals surface area contributed by atoms with Crippen LogP contribution in [0, 0.1) is 0 Å². The number of halogens is 3. The van der Waals surface area contributed by atoms with Crippen molar-refractivity contribution in [3.8, 4) is 5.88 Å². The zero-order valence-electron chi connectivity index (χ0n) is 10.4. The van der Waals surface area contributed by atoms with Gasteiger partial charge >= 0.3 is 6.18 Å². The van der Waals surface area contributed by atoms with Gasteiger partial charge in [-0.3, -0.25) is 0 Å². The van der Waals surface area contributed by atoms with Crippen LogP contribution in [0.15, 0.2) is 18.3 Å². The second-order valence-electron chi connectivity index (χ2n) is 4.21. The lowest BCUT2D eigenvalue weighted by Crippen LogP contribution is -2.44. The van der Waals surface area contributed by atoms with E-state index in [0.717, 1.165) is 6.07 Å². The fraction of sp³-hybridized carbons (Fsp3) is 0.583. The van der Waals surface area contributed by atoms with Crippen LogP contribution < -0.4 is 10.5 Å². The van der Waals surface area contributed by atoms with Crippen molar-refractivity contribution in [1.82, 2.24) is 4.98 Å². The van der Waals surface area contributed by atoms with Gasteiger partial charge in [0.1, 0.15) is 12.2 Å². The Morgan fingerprint density at radius 3 is 2.39 bits per heavy atom. The van der Waals surface area contributed by atoms with Gasteiger partial charge in [-0.15, -0.1) is 0 Å². The first-order chi connectivity index (χ1) is 8.32. The molecule has 0 spiro atoms. The van der Waals surface area contributed by atoms with Crippen molar-refractivity contribution in [2.24, 2.45) is 5.73 Å². The molecule has 0 amide bonds. The maximum absolute atomic E-state index is 12.7. The zero-order valence-corrected chi connectivity index (χ0v) is 10.4. The quantitative estimate of drug-likeness (QED) is 0.887. The number of pyridine rings is 1. The molecule has 0 aromatic carbocycles. The average molecular weight is 262 g/mol. The van der Waals surface area contributed by atoms with Crippen LogP contribution in [0.3, 0.4) is 0 Å². The summed E-state index contributed by atoms with van der Waals surface area (Å²) in [6.45, 7) is 3.76. The van der Waals surface area contributed by atoms with Crippen LogP contribution in [0.1, 0.15) is 32.3 Å². The molecule has 1 rings (SSSR count). The third-order valence-electron chi connectivity index (χ3n) is 2.98. The van der Waals surface area contributed by atoms with Crippen LogP contribution in [0.25, 0.3) is 0 Å². The van der Waals surface area contributed by atoms with Gasteiger partial charge in [0.15, 0.2) is 0 Å². The summed E-state index contributed by atoms with van der Waals surface area (Å²) in [5, 5.41) is 0. The number of aromatic nitrogens is 1. The standard InChI is InChI=1S/C12H17F3N2O/c1-3-11(16,4-2)8-18-10-9(12(13,14)15)6-5-7-17-10/h5-7H,3-4,8,16H2,1-2H3. The van der Waals surface area contributed by atoms with E-state index in [-0.39, 0.29) is 6.61 Å². The van der Waals surface area contributed by atoms with E-state index >= 15 is 0 Å². The Bertz CT molecular complexity index is 389. The monoisotopic (exact) mass is 262 g/mol. The largest absolute Gasteiger partial charge is 0.475 e. The summed E-state index contributed by atoms with van der Waals surface area (Å²) < 4.78 is 43.2. The number of hydrogen-bond acceptors (Lipinski definition) is 3. The molecule has 102 valence electrons. The van der Waals surface area contributed by atoms with Gasteiger partial charge in [0, 0.05) is 11.7 Å². The predicted octanol–water partition coefficient (Wildman–Crippen LogP) is 3.00. The normalized spacial score (nSPS) is 12.6. The maximum Gasteiger partial charge on any atom is 0.421 e. The van der Waals surface area contributed by atoms with Crippen LogP contribution in [0.5, 0.6) is 5.88 Å². The van der Waals surface area contributed by atoms with E-state index in [1.807, 2.05) is 13.8 Å².